The molecule has 1 saturated heterocycles. The summed E-state index contributed by atoms with van der Waals surface area (Å²) in [5, 5.41) is 2.79. The Labute approximate surface area is 193 Å². The number of anilines is 3. The fourth-order valence-electron chi connectivity index (χ4n) is 3.59. The number of rotatable bonds is 7. The van der Waals surface area contributed by atoms with E-state index in [4.69, 9.17) is 9.47 Å². The van der Waals surface area contributed by atoms with Gasteiger partial charge in [-0.25, -0.2) is 8.42 Å². The van der Waals surface area contributed by atoms with Crippen LogP contribution < -0.4 is 19.7 Å². The molecule has 9 heteroatoms. The average Bonchev–Trinajstić information content (AvgIpc) is 2.85. The number of sulfonamides is 1. The molecule has 0 bridgehead atoms. The molecule has 0 spiro atoms. The number of carbonyl (C=O) groups is 1. The highest BCUT2D eigenvalue weighted by Crippen LogP contribution is 2.33. The molecule has 0 radical (unpaired) electrons. The molecule has 8 nitrogen and oxygen atoms in total. The molecule has 0 atom stereocenters. The minimum Gasteiger partial charge on any atom is -0.495 e. The van der Waals surface area contributed by atoms with Crippen LogP contribution in [0.3, 0.4) is 0 Å². The molecule has 1 aliphatic rings. The quantitative estimate of drug-likeness (QED) is 0.551. The van der Waals surface area contributed by atoms with Gasteiger partial charge in [0.25, 0.3) is 15.9 Å². The molecule has 3 aromatic carbocycles. The number of hydrogen-bond donors (Lipinski definition) is 2. The fourth-order valence-corrected chi connectivity index (χ4v) is 4.92. The number of hydrogen-bond acceptors (Lipinski definition) is 6. The number of amides is 1. The summed E-state index contributed by atoms with van der Waals surface area (Å²) in [5.41, 5.74) is 1.72. The lowest BCUT2D eigenvalue weighted by Gasteiger charge is -2.30. The van der Waals surface area contributed by atoms with Crippen molar-refractivity contribution >= 4 is 33.0 Å². The highest BCUT2D eigenvalue weighted by atomic mass is 32.2. The van der Waals surface area contributed by atoms with Gasteiger partial charge in [0.1, 0.15) is 10.6 Å². The highest BCUT2D eigenvalue weighted by molar-refractivity contribution is 7.93. The summed E-state index contributed by atoms with van der Waals surface area (Å²) < 4.78 is 40.3. The van der Waals surface area contributed by atoms with Crippen LogP contribution in [0.5, 0.6) is 5.75 Å². The molecule has 1 fully saturated rings. The van der Waals surface area contributed by atoms with E-state index in [0.717, 1.165) is 0 Å². The predicted molar refractivity (Wildman–Crippen MR) is 128 cm³/mol. The first-order valence-corrected chi connectivity index (χ1v) is 12.0. The van der Waals surface area contributed by atoms with Crippen molar-refractivity contribution in [2.75, 3.05) is 48.4 Å². The van der Waals surface area contributed by atoms with Crippen molar-refractivity contribution < 1.29 is 22.7 Å². The molecule has 3 aromatic rings. The summed E-state index contributed by atoms with van der Waals surface area (Å²) >= 11 is 0. The molecular weight excluding hydrogens is 442 g/mol. The van der Waals surface area contributed by atoms with Crippen molar-refractivity contribution in [1.82, 2.24) is 0 Å². The Kier molecular flexibility index (Phi) is 6.81. The Morgan fingerprint density at radius 2 is 1.67 bits per heavy atom. The van der Waals surface area contributed by atoms with E-state index >= 15 is 0 Å². The van der Waals surface area contributed by atoms with Crippen LogP contribution in [0.15, 0.2) is 77.7 Å². The van der Waals surface area contributed by atoms with Crippen LogP contribution in [0.2, 0.25) is 0 Å². The first-order chi connectivity index (χ1) is 16.0. The van der Waals surface area contributed by atoms with Crippen LogP contribution >= 0.6 is 0 Å². The molecule has 4 rings (SSSR count). The van der Waals surface area contributed by atoms with Crippen molar-refractivity contribution in [3.8, 4) is 5.75 Å². The third-order valence-corrected chi connectivity index (χ3v) is 6.64. The van der Waals surface area contributed by atoms with Crippen LogP contribution in [0.4, 0.5) is 17.1 Å². The van der Waals surface area contributed by atoms with E-state index in [1.807, 2.05) is 11.0 Å². The number of benzene rings is 3. The van der Waals surface area contributed by atoms with E-state index in [1.165, 1.54) is 13.2 Å². The van der Waals surface area contributed by atoms with Gasteiger partial charge < -0.3 is 19.7 Å². The van der Waals surface area contributed by atoms with E-state index < -0.39 is 10.0 Å². The SMILES string of the molecule is COc1ccccc1NS(=O)(=O)c1cc(NC(=O)c2ccccc2)ccc1N1CCOCC1. The van der Waals surface area contributed by atoms with Crippen molar-refractivity contribution in [1.29, 1.82) is 0 Å². The van der Waals surface area contributed by atoms with Gasteiger partial charge in [-0.3, -0.25) is 9.52 Å². The fraction of sp³-hybridized carbons (Fsp3) is 0.208. The Hall–Kier alpha value is -3.56. The second-order valence-corrected chi connectivity index (χ2v) is 9.06. The smallest absolute Gasteiger partial charge is 0.264 e. The molecule has 0 aromatic heterocycles. The van der Waals surface area contributed by atoms with E-state index in [9.17, 15) is 13.2 Å². The predicted octanol–water partition coefficient (Wildman–Crippen LogP) is 3.58. The zero-order valence-electron chi connectivity index (χ0n) is 18.2. The van der Waals surface area contributed by atoms with Gasteiger partial charge in [0, 0.05) is 24.3 Å². The highest BCUT2D eigenvalue weighted by Gasteiger charge is 2.25. The van der Waals surface area contributed by atoms with Crippen molar-refractivity contribution in [3.05, 3.63) is 78.4 Å². The first kappa shape index (κ1) is 22.6. The summed E-state index contributed by atoms with van der Waals surface area (Å²) in [4.78, 5) is 14.6. The van der Waals surface area contributed by atoms with Crippen molar-refractivity contribution in [2.24, 2.45) is 0 Å². The second-order valence-electron chi connectivity index (χ2n) is 7.41. The largest absolute Gasteiger partial charge is 0.495 e. The number of morpholine rings is 1. The van der Waals surface area contributed by atoms with Gasteiger partial charge in [-0.2, -0.15) is 0 Å². The Balaban J connectivity index is 1.71. The first-order valence-electron chi connectivity index (χ1n) is 10.5. The molecule has 172 valence electrons. The number of carbonyl (C=O) groups excluding carboxylic acids is 1. The Bertz CT molecular complexity index is 1230. The number of para-hydroxylation sites is 2. The maximum absolute atomic E-state index is 13.5. The molecule has 1 heterocycles. The molecule has 0 aliphatic carbocycles. The number of ether oxygens (including phenoxy) is 2. The lowest BCUT2D eigenvalue weighted by Crippen LogP contribution is -2.37. The number of nitrogens with one attached hydrogen (secondary N) is 2. The van der Waals surface area contributed by atoms with Crippen LogP contribution in [-0.2, 0) is 14.8 Å². The molecule has 1 aliphatic heterocycles. The maximum atomic E-state index is 13.5. The summed E-state index contributed by atoms with van der Waals surface area (Å²) in [7, 11) is -2.53. The standard InChI is InChI=1S/C24H25N3O5S/c1-31-22-10-6-5-9-20(22)26-33(29,30)23-17-19(25-24(28)18-7-3-2-4-8-18)11-12-21(23)27-13-15-32-16-14-27/h2-12,17,26H,13-16H2,1H3,(H,25,28). The van der Waals surface area contributed by atoms with E-state index in [1.54, 1.807) is 60.7 Å². The second kappa shape index (κ2) is 9.93. The zero-order chi connectivity index (χ0) is 23.3. The van der Waals surface area contributed by atoms with Gasteiger partial charge in [0.15, 0.2) is 0 Å². The lowest BCUT2D eigenvalue weighted by molar-refractivity contribution is 0.102. The zero-order valence-corrected chi connectivity index (χ0v) is 19.0. The van der Waals surface area contributed by atoms with Gasteiger partial charge in [0.05, 0.1) is 31.7 Å². The molecule has 0 saturated carbocycles. The minimum absolute atomic E-state index is 0.0566. The lowest BCUT2D eigenvalue weighted by atomic mass is 10.2. The summed E-state index contributed by atoms with van der Waals surface area (Å²) in [5.74, 6) is 0.0818. The van der Waals surface area contributed by atoms with Gasteiger partial charge in [-0.15, -0.1) is 0 Å². The maximum Gasteiger partial charge on any atom is 0.264 e. The van der Waals surface area contributed by atoms with Gasteiger partial charge in [-0.1, -0.05) is 30.3 Å². The monoisotopic (exact) mass is 467 g/mol. The van der Waals surface area contributed by atoms with E-state index in [-0.39, 0.29) is 10.8 Å². The third kappa shape index (κ3) is 5.27. The third-order valence-electron chi connectivity index (χ3n) is 5.25. The van der Waals surface area contributed by atoms with Gasteiger partial charge in [0.2, 0.25) is 0 Å². The molecule has 1 amide bonds. The normalized spacial score (nSPS) is 13.9. The molecule has 2 N–H and O–H groups in total. The molecule has 33 heavy (non-hydrogen) atoms. The van der Waals surface area contributed by atoms with Crippen molar-refractivity contribution in [3.63, 3.8) is 0 Å². The Morgan fingerprint density at radius 3 is 2.39 bits per heavy atom. The summed E-state index contributed by atoms with van der Waals surface area (Å²) in [6.45, 7) is 2.14. The van der Waals surface area contributed by atoms with Crippen molar-refractivity contribution in [2.45, 2.75) is 4.90 Å². The van der Waals surface area contributed by atoms with Gasteiger partial charge >= 0.3 is 0 Å². The topological polar surface area (TPSA) is 97.0 Å². The van der Waals surface area contributed by atoms with Crippen LogP contribution in [0, 0.1) is 0 Å². The molecular formula is C24H25N3O5S. The number of nitrogens with zero attached hydrogens (tertiary/aromatic N) is 1. The molecule has 0 unspecified atom stereocenters. The minimum atomic E-state index is -4.01. The summed E-state index contributed by atoms with van der Waals surface area (Å²) in [6, 6.07) is 20.4. The van der Waals surface area contributed by atoms with E-state index in [2.05, 4.69) is 10.0 Å². The Morgan fingerprint density at radius 1 is 0.970 bits per heavy atom. The van der Waals surface area contributed by atoms with E-state index in [0.29, 0.717) is 54.7 Å². The van der Waals surface area contributed by atoms with Gasteiger partial charge in [-0.05, 0) is 42.5 Å². The van der Waals surface area contributed by atoms with Crippen LogP contribution in [0.25, 0.3) is 0 Å². The van der Waals surface area contributed by atoms with Crippen LogP contribution in [-0.4, -0.2) is 47.7 Å². The van der Waals surface area contributed by atoms with Crippen LogP contribution in [0.1, 0.15) is 10.4 Å². The summed E-state index contributed by atoms with van der Waals surface area (Å²) in [6.07, 6.45) is 0. The average molecular weight is 468 g/mol. The number of methoxy groups -OCH3 is 1.